The summed E-state index contributed by atoms with van der Waals surface area (Å²) in [4.78, 5) is 0. The first-order valence-electron chi connectivity index (χ1n) is 9.96. The Morgan fingerprint density at radius 2 is 1.04 bits per heavy atom. The molecule has 0 saturated carbocycles. The van der Waals surface area contributed by atoms with Crippen LogP contribution in [0.4, 0.5) is 0 Å². The van der Waals surface area contributed by atoms with Crippen molar-refractivity contribution in [2.45, 2.75) is 85.5 Å². The summed E-state index contributed by atoms with van der Waals surface area (Å²) in [7, 11) is 0. The monoisotopic (exact) mass is 368 g/mol. The van der Waals surface area contributed by atoms with E-state index < -0.39 is 0 Å². The van der Waals surface area contributed by atoms with E-state index in [1.54, 1.807) is 0 Å². The van der Waals surface area contributed by atoms with Crippen molar-refractivity contribution >= 4 is 0 Å². The van der Waals surface area contributed by atoms with Crippen LogP contribution in [0.2, 0.25) is 0 Å². The Labute approximate surface area is 165 Å². The molecular formula is C25H36O2. The van der Waals surface area contributed by atoms with E-state index in [9.17, 15) is 10.2 Å². The molecule has 148 valence electrons. The molecule has 2 aromatic carbocycles. The van der Waals surface area contributed by atoms with Crippen molar-refractivity contribution in [1.82, 2.24) is 0 Å². The zero-order chi connectivity index (χ0) is 20.7. The third kappa shape index (κ3) is 4.00. The van der Waals surface area contributed by atoms with E-state index in [0.29, 0.717) is 11.5 Å². The van der Waals surface area contributed by atoms with Crippen LogP contribution in [0.5, 0.6) is 11.5 Å². The van der Waals surface area contributed by atoms with Gasteiger partial charge >= 0.3 is 0 Å². The zero-order valence-electron chi connectivity index (χ0n) is 18.5. The van der Waals surface area contributed by atoms with E-state index >= 15 is 0 Å². The summed E-state index contributed by atoms with van der Waals surface area (Å²) in [5.74, 6) is 0.931. The molecule has 0 aliphatic rings. The third-order valence-electron chi connectivity index (χ3n) is 5.60. The molecule has 0 saturated heterocycles. The van der Waals surface area contributed by atoms with Crippen molar-refractivity contribution in [3.05, 3.63) is 57.6 Å². The number of phenols is 2. The highest BCUT2D eigenvalue weighted by Crippen LogP contribution is 2.44. The molecule has 0 aromatic heterocycles. The number of benzene rings is 2. The zero-order valence-corrected chi connectivity index (χ0v) is 18.5. The van der Waals surface area contributed by atoms with Crippen LogP contribution in [0, 0.1) is 13.8 Å². The topological polar surface area (TPSA) is 40.5 Å². The molecule has 0 aliphatic heterocycles. The van der Waals surface area contributed by atoms with E-state index in [2.05, 4.69) is 60.6 Å². The fourth-order valence-corrected chi connectivity index (χ4v) is 4.62. The Kier molecular flexibility index (Phi) is 5.71. The summed E-state index contributed by atoms with van der Waals surface area (Å²) >= 11 is 0. The molecule has 27 heavy (non-hydrogen) atoms. The van der Waals surface area contributed by atoms with Gasteiger partial charge in [-0.1, -0.05) is 60.6 Å². The lowest BCUT2D eigenvalue weighted by atomic mass is 9.71. The van der Waals surface area contributed by atoms with Crippen LogP contribution in [-0.4, -0.2) is 10.2 Å². The van der Waals surface area contributed by atoms with Crippen LogP contribution in [0.1, 0.15) is 94.2 Å². The van der Waals surface area contributed by atoms with E-state index in [-0.39, 0.29) is 16.7 Å². The summed E-state index contributed by atoms with van der Waals surface area (Å²) in [6.07, 6.45) is 0.959. The maximum absolute atomic E-state index is 10.3. The second-order valence-electron chi connectivity index (χ2n) is 9.81. The predicted octanol–water partition coefficient (Wildman–Crippen LogP) is 6.85. The molecule has 0 amide bonds. The fraction of sp³-hybridized carbons (Fsp3) is 0.520. The van der Waals surface area contributed by atoms with Crippen LogP contribution in [0.15, 0.2) is 24.3 Å². The average Bonchev–Trinajstić information content (AvgIpc) is 2.52. The quantitative estimate of drug-likeness (QED) is 0.622. The normalized spacial score (nSPS) is 12.7. The Morgan fingerprint density at radius 3 is 1.30 bits per heavy atom. The summed E-state index contributed by atoms with van der Waals surface area (Å²) in [5.41, 5.74) is 6.78. The second kappa shape index (κ2) is 7.22. The summed E-state index contributed by atoms with van der Waals surface area (Å²) < 4.78 is 0. The van der Waals surface area contributed by atoms with Gasteiger partial charge in [-0.25, -0.2) is 0 Å². The third-order valence-corrected chi connectivity index (χ3v) is 5.60. The van der Waals surface area contributed by atoms with Gasteiger partial charge in [0.05, 0.1) is 0 Å². The van der Waals surface area contributed by atoms with Crippen LogP contribution < -0.4 is 0 Å². The molecule has 0 bridgehead atoms. The molecule has 0 atom stereocenters. The average molecular weight is 369 g/mol. The first kappa shape index (κ1) is 21.3. The highest BCUT2D eigenvalue weighted by molar-refractivity contribution is 5.55. The van der Waals surface area contributed by atoms with E-state index in [1.807, 2.05) is 26.0 Å². The second-order valence-corrected chi connectivity index (χ2v) is 9.81. The lowest BCUT2D eigenvalue weighted by molar-refractivity contribution is 0.462. The van der Waals surface area contributed by atoms with Gasteiger partial charge in [0, 0.05) is 5.92 Å². The molecule has 2 rings (SSSR count). The smallest absolute Gasteiger partial charge is 0.118 e. The van der Waals surface area contributed by atoms with Gasteiger partial charge in [-0.15, -0.1) is 0 Å². The lowest BCUT2D eigenvalue weighted by Gasteiger charge is -2.33. The van der Waals surface area contributed by atoms with Gasteiger partial charge in [0.1, 0.15) is 11.5 Å². The number of hydrogen-bond donors (Lipinski definition) is 2. The van der Waals surface area contributed by atoms with Crippen molar-refractivity contribution in [2.24, 2.45) is 0 Å². The molecule has 2 N–H and O–H groups in total. The van der Waals surface area contributed by atoms with Crippen LogP contribution in [0.25, 0.3) is 0 Å². The Morgan fingerprint density at radius 1 is 0.704 bits per heavy atom. The Balaban J connectivity index is 2.85. The highest BCUT2D eigenvalue weighted by atomic mass is 16.3. The van der Waals surface area contributed by atoms with Gasteiger partial charge in [-0.2, -0.15) is 0 Å². The number of phenolic OH excluding ortho intramolecular Hbond substituents is 2. The molecule has 0 heterocycles. The number of hydrogen-bond acceptors (Lipinski definition) is 2. The molecule has 2 nitrogen and oxygen atoms in total. The largest absolute Gasteiger partial charge is 0.508 e. The highest BCUT2D eigenvalue weighted by Gasteiger charge is 2.30. The van der Waals surface area contributed by atoms with Gasteiger partial charge in [0.2, 0.25) is 0 Å². The molecule has 2 heteroatoms. The molecule has 0 unspecified atom stereocenters. The van der Waals surface area contributed by atoms with Crippen LogP contribution in [-0.2, 0) is 10.8 Å². The minimum absolute atomic E-state index is 0.0700. The number of rotatable bonds is 3. The first-order chi connectivity index (χ1) is 12.3. The van der Waals surface area contributed by atoms with Gasteiger partial charge in [-0.05, 0) is 76.6 Å². The van der Waals surface area contributed by atoms with Gasteiger partial charge in [-0.3, -0.25) is 0 Å². The van der Waals surface area contributed by atoms with Crippen molar-refractivity contribution in [3.8, 4) is 11.5 Å². The van der Waals surface area contributed by atoms with E-state index in [1.165, 1.54) is 22.3 Å². The van der Waals surface area contributed by atoms with Crippen molar-refractivity contribution < 1.29 is 10.2 Å². The molecule has 0 fully saturated rings. The summed E-state index contributed by atoms with van der Waals surface area (Å²) in [6.45, 7) is 19.5. The SMILES string of the molecule is CCC(c1ccc(O)c(C)c1C(C)(C)C)c1ccc(O)c(C)c1C(C)(C)C. The van der Waals surface area contributed by atoms with E-state index in [4.69, 9.17) is 0 Å². The maximum Gasteiger partial charge on any atom is 0.118 e. The van der Waals surface area contributed by atoms with Crippen molar-refractivity contribution in [1.29, 1.82) is 0 Å². The maximum atomic E-state index is 10.3. The molecular weight excluding hydrogens is 332 g/mol. The minimum atomic E-state index is -0.0700. The van der Waals surface area contributed by atoms with Crippen LogP contribution in [0.3, 0.4) is 0 Å². The van der Waals surface area contributed by atoms with Gasteiger partial charge in [0.25, 0.3) is 0 Å². The van der Waals surface area contributed by atoms with Gasteiger partial charge in [0.15, 0.2) is 0 Å². The van der Waals surface area contributed by atoms with Crippen LogP contribution >= 0.6 is 0 Å². The fourth-order valence-electron chi connectivity index (χ4n) is 4.62. The molecule has 0 spiro atoms. The molecule has 0 radical (unpaired) electrons. The van der Waals surface area contributed by atoms with Crippen molar-refractivity contribution in [2.75, 3.05) is 0 Å². The standard InChI is InChI=1S/C25H36O2/c1-10-17(18-11-13-20(26)15(2)22(18)24(4,5)6)19-12-14-21(27)16(3)23(19)25(7,8)9/h11-14,17,26-27H,10H2,1-9H3. The minimum Gasteiger partial charge on any atom is -0.508 e. The molecule has 2 aromatic rings. The molecule has 0 aliphatic carbocycles. The van der Waals surface area contributed by atoms with Crippen molar-refractivity contribution in [3.63, 3.8) is 0 Å². The first-order valence-corrected chi connectivity index (χ1v) is 9.96. The number of aromatic hydroxyl groups is 2. The van der Waals surface area contributed by atoms with Gasteiger partial charge < -0.3 is 10.2 Å². The van der Waals surface area contributed by atoms with E-state index in [0.717, 1.165) is 17.5 Å². The Hall–Kier alpha value is -1.96. The lowest BCUT2D eigenvalue weighted by Crippen LogP contribution is -2.22. The Bertz CT molecular complexity index is 763. The summed E-state index contributed by atoms with van der Waals surface area (Å²) in [6, 6.07) is 7.83. The predicted molar refractivity (Wildman–Crippen MR) is 115 cm³/mol. The summed E-state index contributed by atoms with van der Waals surface area (Å²) in [5, 5.41) is 20.7.